The summed E-state index contributed by atoms with van der Waals surface area (Å²) in [7, 11) is 0. The van der Waals surface area contributed by atoms with Gasteiger partial charge in [0.1, 0.15) is 0 Å². The second-order valence-corrected chi connectivity index (χ2v) is 6.78. The number of tetrazole rings is 1. The number of carbonyl (C=O) groups excluding carboxylic acids is 2. The number of rotatable bonds is 8. The highest BCUT2D eigenvalue weighted by molar-refractivity contribution is 6.16. The quantitative estimate of drug-likeness (QED) is 0.324. The van der Waals surface area contributed by atoms with Crippen LogP contribution in [-0.2, 0) is 22.4 Å². The maximum atomic E-state index is 12.9. The van der Waals surface area contributed by atoms with Crippen molar-refractivity contribution in [3.63, 3.8) is 0 Å². The number of ketones is 1. The third-order valence-corrected chi connectivity index (χ3v) is 4.76. The first-order chi connectivity index (χ1) is 14.5. The van der Waals surface area contributed by atoms with Gasteiger partial charge in [-0.25, -0.2) is 4.79 Å². The predicted octanol–water partition coefficient (Wildman–Crippen LogP) is 3.53. The Kier molecular flexibility index (Phi) is 6.85. The first kappa shape index (κ1) is 21.1. The molecule has 30 heavy (non-hydrogen) atoms. The van der Waals surface area contributed by atoms with Gasteiger partial charge in [0.05, 0.1) is 0 Å². The molecule has 154 valence electrons. The maximum Gasteiger partial charge on any atom is 0.357 e. The topological polar surface area (TPSA) is 87.0 Å². The molecule has 1 heterocycles. The summed E-state index contributed by atoms with van der Waals surface area (Å²) in [6.45, 7) is 5.35. The number of esters is 1. The van der Waals surface area contributed by atoms with Gasteiger partial charge in [-0.3, -0.25) is 4.79 Å². The van der Waals surface area contributed by atoms with Crippen molar-refractivity contribution in [1.82, 2.24) is 20.2 Å². The number of Topliss-reactive ketones (excluding diaryl/α,β-unsaturated/α-hetero) is 1. The fourth-order valence-electron chi connectivity index (χ4n) is 3.06. The van der Waals surface area contributed by atoms with Gasteiger partial charge in [0.25, 0.3) is 0 Å². The minimum Gasteiger partial charge on any atom is -0.453 e. The zero-order valence-electron chi connectivity index (χ0n) is 17.3. The Hall–Kier alpha value is -3.61. The van der Waals surface area contributed by atoms with Crippen LogP contribution in [0.4, 0.5) is 0 Å². The van der Waals surface area contributed by atoms with E-state index in [1.807, 2.05) is 62.4 Å². The first-order valence-corrected chi connectivity index (χ1v) is 9.87. The molecular formula is C23H24N4O3. The van der Waals surface area contributed by atoms with Gasteiger partial charge in [0.15, 0.2) is 18.1 Å². The molecule has 0 bridgehead atoms. The average molecular weight is 404 g/mol. The lowest BCUT2D eigenvalue weighted by Crippen LogP contribution is -2.20. The Morgan fingerprint density at radius 3 is 2.47 bits per heavy atom. The SMILES string of the molecule is CCc1ccc(CC)c(C(=O)COC(=O)/C(=C/c2ccccc2)n2nnnc2C)c1. The Morgan fingerprint density at radius 2 is 1.83 bits per heavy atom. The third kappa shape index (κ3) is 4.86. The van der Waals surface area contributed by atoms with Crippen molar-refractivity contribution < 1.29 is 14.3 Å². The molecule has 7 heteroatoms. The molecule has 0 fully saturated rings. The fourth-order valence-corrected chi connectivity index (χ4v) is 3.06. The molecule has 0 N–H and O–H groups in total. The smallest absolute Gasteiger partial charge is 0.357 e. The highest BCUT2D eigenvalue weighted by Gasteiger charge is 2.20. The van der Waals surface area contributed by atoms with Crippen molar-refractivity contribution in [2.75, 3.05) is 6.61 Å². The second-order valence-electron chi connectivity index (χ2n) is 6.78. The van der Waals surface area contributed by atoms with Crippen LogP contribution in [0, 0.1) is 6.92 Å². The van der Waals surface area contributed by atoms with Crippen LogP contribution < -0.4 is 0 Å². The summed E-state index contributed by atoms with van der Waals surface area (Å²) < 4.78 is 6.67. The van der Waals surface area contributed by atoms with Gasteiger partial charge in [-0.1, -0.05) is 56.3 Å². The van der Waals surface area contributed by atoms with Crippen molar-refractivity contribution in [3.05, 3.63) is 76.6 Å². The predicted molar refractivity (Wildman–Crippen MR) is 114 cm³/mol. The lowest BCUT2D eigenvalue weighted by atomic mass is 9.98. The van der Waals surface area contributed by atoms with Crippen molar-refractivity contribution in [2.24, 2.45) is 0 Å². The summed E-state index contributed by atoms with van der Waals surface area (Å²) in [6.07, 6.45) is 3.18. The molecule has 2 aromatic carbocycles. The summed E-state index contributed by atoms with van der Waals surface area (Å²) in [5.74, 6) is -0.473. The molecule has 0 unspecified atom stereocenters. The molecule has 0 aliphatic heterocycles. The van der Waals surface area contributed by atoms with Crippen molar-refractivity contribution in [2.45, 2.75) is 33.6 Å². The van der Waals surface area contributed by atoms with Gasteiger partial charge in [-0.2, -0.15) is 4.68 Å². The summed E-state index contributed by atoms with van der Waals surface area (Å²) in [5.41, 5.74) is 3.52. The van der Waals surface area contributed by atoms with Gasteiger partial charge in [-0.15, -0.1) is 5.10 Å². The summed E-state index contributed by atoms with van der Waals surface area (Å²) >= 11 is 0. The molecule has 0 radical (unpaired) electrons. The number of aryl methyl sites for hydroxylation is 3. The van der Waals surface area contributed by atoms with E-state index in [4.69, 9.17) is 4.74 Å². The molecule has 7 nitrogen and oxygen atoms in total. The zero-order chi connectivity index (χ0) is 21.5. The zero-order valence-corrected chi connectivity index (χ0v) is 17.3. The largest absolute Gasteiger partial charge is 0.453 e. The fraction of sp³-hybridized carbons (Fsp3) is 0.261. The molecule has 0 saturated carbocycles. The van der Waals surface area contributed by atoms with Crippen LogP contribution in [-0.4, -0.2) is 38.6 Å². The number of nitrogens with zero attached hydrogens (tertiary/aromatic N) is 4. The lowest BCUT2D eigenvalue weighted by Gasteiger charge is -2.11. The number of carbonyl (C=O) groups is 2. The normalized spacial score (nSPS) is 11.4. The van der Waals surface area contributed by atoms with E-state index in [1.165, 1.54) is 4.68 Å². The monoisotopic (exact) mass is 404 g/mol. The van der Waals surface area contributed by atoms with Crippen LogP contribution in [0.1, 0.15) is 46.7 Å². The van der Waals surface area contributed by atoms with Gasteiger partial charge in [0.2, 0.25) is 5.78 Å². The van der Waals surface area contributed by atoms with E-state index < -0.39 is 5.97 Å². The maximum absolute atomic E-state index is 12.9. The molecule has 1 aromatic heterocycles. The van der Waals surface area contributed by atoms with Crippen LogP contribution in [0.5, 0.6) is 0 Å². The molecule has 0 amide bonds. The van der Waals surface area contributed by atoms with Crippen LogP contribution in [0.2, 0.25) is 0 Å². The standard InChI is InChI=1S/C23H24N4O3/c1-4-17-11-12-19(5-2)20(13-17)22(28)15-30-23(29)21(27-16(3)24-25-26-27)14-18-9-7-6-8-10-18/h6-14H,4-5,15H2,1-3H3/b21-14-. The number of benzene rings is 2. The molecular weight excluding hydrogens is 380 g/mol. The Balaban J connectivity index is 1.83. The molecule has 3 rings (SSSR count). The summed E-state index contributed by atoms with van der Waals surface area (Å²) in [6, 6.07) is 15.1. The highest BCUT2D eigenvalue weighted by atomic mass is 16.5. The van der Waals surface area contributed by atoms with Crippen LogP contribution >= 0.6 is 0 Å². The highest BCUT2D eigenvalue weighted by Crippen LogP contribution is 2.17. The van der Waals surface area contributed by atoms with Gasteiger partial charge in [-0.05, 0) is 59.0 Å². The Labute approximate surface area is 175 Å². The third-order valence-electron chi connectivity index (χ3n) is 4.76. The molecule has 0 aliphatic carbocycles. The molecule has 0 atom stereocenters. The van der Waals surface area contributed by atoms with Gasteiger partial charge < -0.3 is 4.74 Å². The van der Waals surface area contributed by atoms with E-state index in [9.17, 15) is 9.59 Å². The first-order valence-electron chi connectivity index (χ1n) is 9.87. The van der Waals surface area contributed by atoms with Crippen LogP contribution in [0.25, 0.3) is 11.8 Å². The van der Waals surface area contributed by atoms with E-state index in [1.54, 1.807) is 13.0 Å². The van der Waals surface area contributed by atoms with Crippen molar-refractivity contribution in [1.29, 1.82) is 0 Å². The van der Waals surface area contributed by atoms with Crippen LogP contribution in [0.15, 0.2) is 48.5 Å². The summed E-state index contributed by atoms with van der Waals surface area (Å²) in [5, 5.41) is 11.3. The number of ether oxygens (including phenoxy) is 1. The molecule has 3 aromatic rings. The molecule has 0 spiro atoms. The molecule has 0 aliphatic rings. The Morgan fingerprint density at radius 1 is 1.07 bits per heavy atom. The molecule has 0 saturated heterocycles. The number of hydrogen-bond acceptors (Lipinski definition) is 6. The second kappa shape index (κ2) is 9.73. The van der Waals surface area contributed by atoms with Gasteiger partial charge >= 0.3 is 5.97 Å². The Bertz CT molecular complexity index is 1070. The summed E-state index contributed by atoms with van der Waals surface area (Å²) in [4.78, 5) is 25.6. The average Bonchev–Trinajstić information content (AvgIpc) is 3.21. The van der Waals surface area contributed by atoms with Gasteiger partial charge in [0, 0.05) is 5.56 Å². The van der Waals surface area contributed by atoms with Crippen molar-refractivity contribution in [3.8, 4) is 0 Å². The van der Waals surface area contributed by atoms with E-state index in [0.717, 1.165) is 29.5 Å². The van der Waals surface area contributed by atoms with E-state index in [2.05, 4.69) is 15.5 Å². The van der Waals surface area contributed by atoms with Crippen molar-refractivity contribution >= 4 is 23.5 Å². The van der Waals surface area contributed by atoms with E-state index in [0.29, 0.717) is 11.4 Å². The minimum atomic E-state index is -0.674. The number of aromatic nitrogens is 4. The van der Waals surface area contributed by atoms with E-state index >= 15 is 0 Å². The van der Waals surface area contributed by atoms with E-state index in [-0.39, 0.29) is 18.1 Å². The van der Waals surface area contributed by atoms with Crippen LogP contribution in [0.3, 0.4) is 0 Å². The minimum absolute atomic E-state index is 0.134. The number of hydrogen-bond donors (Lipinski definition) is 0. The lowest BCUT2D eigenvalue weighted by molar-refractivity contribution is -0.136.